The molecule has 1 N–H and O–H groups in total. The van der Waals surface area contributed by atoms with E-state index in [1.54, 1.807) is 11.6 Å². The largest absolute Gasteiger partial charge is 0.364 e. The molecule has 1 aliphatic rings. The highest BCUT2D eigenvalue weighted by Crippen LogP contribution is 2.21. The van der Waals surface area contributed by atoms with E-state index in [-0.39, 0.29) is 17.3 Å². The quantitative estimate of drug-likeness (QED) is 0.711. The molecule has 25 heavy (non-hydrogen) atoms. The van der Waals surface area contributed by atoms with Crippen molar-refractivity contribution in [1.29, 1.82) is 0 Å². The van der Waals surface area contributed by atoms with Gasteiger partial charge in [0.1, 0.15) is 17.7 Å². The Bertz CT molecular complexity index is 1050. The third-order valence-electron chi connectivity index (χ3n) is 4.69. The maximum atomic E-state index is 12.1. The molecule has 0 aromatic carbocycles. The van der Waals surface area contributed by atoms with Crippen LogP contribution in [0.15, 0.2) is 40.3 Å². The van der Waals surface area contributed by atoms with Crippen molar-refractivity contribution in [3.63, 3.8) is 0 Å². The van der Waals surface area contributed by atoms with Gasteiger partial charge in [0.15, 0.2) is 5.82 Å². The summed E-state index contributed by atoms with van der Waals surface area (Å²) in [7, 11) is 3.17. The molecule has 0 aliphatic carbocycles. The van der Waals surface area contributed by atoms with Gasteiger partial charge in [0, 0.05) is 45.5 Å². The highest BCUT2D eigenvalue weighted by molar-refractivity contribution is 5.67. The molecule has 0 spiro atoms. The molecule has 4 heterocycles. The summed E-state index contributed by atoms with van der Waals surface area (Å²) in [5, 5.41) is 7.60. The van der Waals surface area contributed by atoms with Crippen molar-refractivity contribution in [1.82, 2.24) is 23.7 Å². The lowest BCUT2D eigenvalue weighted by atomic mass is 10.2. The van der Waals surface area contributed by atoms with Crippen LogP contribution < -0.4 is 21.5 Å². The average molecular weight is 341 g/mol. The van der Waals surface area contributed by atoms with Crippen molar-refractivity contribution in [2.24, 2.45) is 14.1 Å². The SMILES string of the molecule is Cn1c(N2CC[C@H](Nc3ncnn4cccc34)C2)cc(=O)n(C)c1=O. The van der Waals surface area contributed by atoms with Gasteiger partial charge < -0.3 is 10.2 Å². The minimum atomic E-state index is -0.315. The fraction of sp³-hybridized carbons (Fsp3) is 0.375. The summed E-state index contributed by atoms with van der Waals surface area (Å²) in [6, 6.07) is 5.57. The number of aromatic nitrogens is 5. The Morgan fingerprint density at radius 2 is 2.08 bits per heavy atom. The normalized spacial score (nSPS) is 17.4. The first-order chi connectivity index (χ1) is 12.0. The number of fused-ring (bicyclic) bond motifs is 1. The van der Waals surface area contributed by atoms with Crippen LogP contribution in [0.5, 0.6) is 0 Å². The number of nitrogens with zero attached hydrogens (tertiary/aromatic N) is 6. The minimum Gasteiger partial charge on any atom is -0.364 e. The van der Waals surface area contributed by atoms with Crippen LogP contribution in [-0.2, 0) is 14.1 Å². The lowest BCUT2D eigenvalue weighted by molar-refractivity contribution is 0.672. The van der Waals surface area contributed by atoms with Gasteiger partial charge in [-0.25, -0.2) is 14.3 Å². The van der Waals surface area contributed by atoms with Gasteiger partial charge in [0.25, 0.3) is 5.56 Å². The highest BCUT2D eigenvalue weighted by atomic mass is 16.2. The van der Waals surface area contributed by atoms with Crippen LogP contribution in [0.1, 0.15) is 6.42 Å². The van der Waals surface area contributed by atoms with Crippen LogP contribution in [-0.4, -0.2) is 42.9 Å². The lowest BCUT2D eigenvalue weighted by Gasteiger charge is -2.21. The summed E-state index contributed by atoms with van der Waals surface area (Å²) in [4.78, 5) is 30.4. The first kappa shape index (κ1) is 15.4. The number of anilines is 2. The van der Waals surface area contributed by atoms with E-state index in [1.165, 1.54) is 24.0 Å². The molecule has 0 radical (unpaired) electrons. The molecule has 1 atom stereocenters. The first-order valence-corrected chi connectivity index (χ1v) is 8.11. The van der Waals surface area contributed by atoms with Gasteiger partial charge in [-0.05, 0) is 18.6 Å². The van der Waals surface area contributed by atoms with Crippen molar-refractivity contribution >= 4 is 17.2 Å². The van der Waals surface area contributed by atoms with E-state index >= 15 is 0 Å². The van der Waals surface area contributed by atoms with Crippen molar-refractivity contribution < 1.29 is 0 Å². The molecule has 0 amide bonds. The number of rotatable bonds is 3. The Labute approximate surface area is 143 Å². The number of hydrogen-bond acceptors (Lipinski definition) is 6. The van der Waals surface area contributed by atoms with E-state index in [0.29, 0.717) is 12.4 Å². The number of nitrogens with one attached hydrogen (secondary N) is 1. The van der Waals surface area contributed by atoms with Crippen LogP contribution >= 0.6 is 0 Å². The second-order valence-electron chi connectivity index (χ2n) is 6.26. The molecule has 0 bridgehead atoms. The molecular weight excluding hydrogens is 322 g/mol. The van der Waals surface area contributed by atoms with Crippen LogP contribution in [0, 0.1) is 0 Å². The summed E-state index contributed by atoms with van der Waals surface area (Å²) < 4.78 is 4.39. The highest BCUT2D eigenvalue weighted by Gasteiger charge is 2.25. The standard InChI is InChI=1S/C16H19N7O2/c1-20-13(8-14(24)21(2)16(20)25)22-7-5-11(9-22)19-15-12-4-3-6-23(12)18-10-17-15/h3-4,6,8,10-11H,5,7,9H2,1-2H3,(H,17,18,19)/t11-/m0/s1. The Morgan fingerprint density at radius 1 is 1.24 bits per heavy atom. The van der Waals surface area contributed by atoms with Crippen LogP contribution in [0.25, 0.3) is 5.52 Å². The molecule has 3 aromatic rings. The van der Waals surface area contributed by atoms with Crippen molar-refractivity contribution in [2.45, 2.75) is 12.5 Å². The molecule has 9 heteroatoms. The van der Waals surface area contributed by atoms with E-state index in [2.05, 4.69) is 20.3 Å². The zero-order valence-electron chi connectivity index (χ0n) is 14.1. The second kappa shape index (κ2) is 5.76. The summed E-state index contributed by atoms with van der Waals surface area (Å²) in [5.41, 5.74) is 0.312. The molecule has 1 aliphatic heterocycles. The third-order valence-corrected chi connectivity index (χ3v) is 4.69. The maximum absolute atomic E-state index is 12.1. The Balaban J connectivity index is 1.57. The average Bonchev–Trinajstić information content (AvgIpc) is 3.26. The van der Waals surface area contributed by atoms with Crippen molar-refractivity contribution in [3.8, 4) is 0 Å². The van der Waals surface area contributed by atoms with Crippen LogP contribution in [0.4, 0.5) is 11.6 Å². The molecule has 4 rings (SSSR count). The predicted molar refractivity (Wildman–Crippen MR) is 94.2 cm³/mol. The van der Waals surface area contributed by atoms with Crippen molar-refractivity contribution in [3.05, 3.63) is 51.6 Å². The summed E-state index contributed by atoms with van der Waals surface area (Å²) in [6.45, 7) is 1.46. The van der Waals surface area contributed by atoms with Gasteiger partial charge in [-0.2, -0.15) is 5.10 Å². The van der Waals surface area contributed by atoms with E-state index in [0.717, 1.165) is 28.9 Å². The number of hydrogen-bond donors (Lipinski definition) is 1. The zero-order valence-corrected chi connectivity index (χ0v) is 14.1. The Kier molecular flexibility index (Phi) is 3.56. The summed E-state index contributed by atoms with van der Waals surface area (Å²) >= 11 is 0. The maximum Gasteiger partial charge on any atom is 0.332 e. The molecular formula is C16H19N7O2. The van der Waals surface area contributed by atoms with E-state index in [4.69, 9.17) is 0 Å². The Morgan fingerprint density at radius 3 is 2.92 bits per heavy atom. The predicted octanol–water partition coefficient (Wildman–Crippen LogP) is -0.182. The molecule has 0 unspecified atom stereocenters. The van der Waals surface area contributed by atoms with Gasteiger partial charge in [0.2, 0.25) is 0 Å². The molecule has 9 nitrogen and oxygen atoms in total. The van der Waals surface area contributed by atoms with Crippen molar-refractivity contribution in [2.75, 3.05) is 23.3 Å². The monoisotopic (exact) mass is 341 g/mol. The zero-order chi connectivity index (χ0) is 17.6. The van der Waals surface area contributed by atoms with Gasteiger partial charge in [0.05, 0.1) is 0 Å². The third kappa shape index (κ3) is 2.57. The fourth-order valence-electron chi connectivity index (χ4n) is 3.28. The van der Waals surface area contributed by atoms with Gasteiger partial charge in [-0.3, -0.25) is 13.9 Å². The molecule has 1 fully saturated rings. The fourth-order valence-corrected chi connectivity index (χ4v) is 3.28. The van der Waals surface area contributed by atoms with E-state index < -0.39 is 0 Å². The van der Waals surface area contributed by atoms with E-state index in [9.17, 15) is 9.59 Å². The van der Waals surface area contributed by atoms with Gasteiger partial charge >= 0.3 is 5.69 Å². The first-order valence-electron chi connectivity index (χ1n) is 8.11. The second-order valence-corrected chi connectivity index (χ2v) is 6.26. The topological polar surface area (TPSA) is 89.5 Å². The molecule has 0 saturated carbocycles. The molecule has 1 saturated heterocycles. The summed E-state index contributed by atoms with van der Waals surface area (Å²) in [6.07, 6.45) is 4.28. The molecule has 130 valence electrons. The van der Waals surface area contributed by atoms with Crippen LogP contribution in [0.2, 0.25) is 0 Å². The van der Waals surface area contributed by atoms with Gasteiger partial charge in [-0.15, -0.1) is 0 Å². The lowest BCUT2D eigenvalue weighted by Crippen LogP contribution is -2.40. The molecule has 3 aromatic heterocycles. The van der Waals surface area contributed by atoms with Crippen LogP contribution in [0.3, 0.4) is 0 Å². The van der Waals surface area contributed by atoms with E-state index in [1.807, 2.05) is 18.3 Å². The smallest absolute Gasteiger partial charge is 0.332 e. The Hall–Kier alpha value is -3.10. The minimum absolute atomic E-state index is 0.174. The summed E-state index contributed by atoms with van der Waals surface area (Å²) in [5.74, 6) is 1.43. The van der Waals surface area contributed by atoms with Gasteiger partial charge in [-0.1, -0.05) is 0 Å².